The Kier molecular flexibility index (Phi) is 6.34. The summed E-state index contributed by atoms with van der Waals surface area (Å²) in [5, 5.41) is 14.8. The van der Waals surface area contributed by atoms with E-state index in [9.17, 15) is 9.59 Å². The zero-order chi connectivity index (χ0) is 18.2. The predicted molar refractivity (Wildman–Crippen MR) is 103 cm³/mol. The Morgan fingerprint density at radius 1 is 1.08 bits per heavy atom. The fourth-order valence-corrected chi connectivity index (χ4v) is 2.26. The van der Waals surface area contributed by atoms with Gasteiger partial charge in [0, 0.05) is 12.2 Å². The zero-order valence-corrected chi connectivity index (χ0v) is 14.4. The summed E-state index contributed by atoms with van der Waals surface area (Å²) in [7, 11) is 0. The first-order valence-corrected chi connectivity index (χ1v) is 8.05. The topological polar surface area (TPSA) is 78.4 Å². The summed E-state index contributed by atoms with van der Waals surface area (Å²) in [6, 6.07) is 9.67. The van der Waals surface area contributed by atoms with Gasteiger partial charge in [0.25, 0.3) is 10.9 Å². The van der Waals surface area contributed by atoms with Gasteiger partial charge in [0.1, 0.15) is 11.4 Å². The van der Waals surface area contributed by atoms with Gasteiger partial charge in [-0.2, -0.15) is 0 Å². The summed E-state index contributed by atoms with van der Waals surface area (Å²) >= 11 is 0. The number of aliphatic hydroxyl groups excluding tert-OH is 1. The smallest absolute Gasteiger partial charge is 0.253 e. The highest BCUT2D eigenvalue weighted by Crippen LogP contribution is 2.17. The van der Waals surface area contributed by atoms with Crippen LogP contribution in [0.4, 0.5) is 11.4 Å². The second-order valence-corrected chi connectivity index (χ2v) is 5.77. The molecule has 0 amide bonds. The lowest BCUT2D eigenvalue weighted by atomic mass is 10.1. The monoisotopic (exact) mass is 338 g/mol. The van der Waals surface area contributed by atoms with Crippen molar-refractivity contribution in [1.29, 1.82) is 0 Å². The molecule has 0 atom stereocenters. The van der Waals surface area contributed by atoms with E-state index in [4.69, 9.17) is 5.11 Å². The van der Waals surface area contributed by atoms with Gasteiger partial charge in [-0.25, -0.2) is 0 Å². The van der Waals surface area contributed by atoms with E-state index in [-0.39, 0.29) is 0 Å². The van der Waals surface area contributed by atoms with E-state index in [0.717, 1.165) is 23.1 Å². The SMILES string of the molecule is C/C(C=CC/C=C(\C)Nc1c(NCc2ccccc2)c(=O)c1=O)=C\O. The maximum atomic E-state index is 11.8. The van der Waals surface area contributed by atoms with Crippen molar-refractivity contribution in [3.05, 3.63) is 92.1 Å². The van der Waals surface area contributed by atoms with Crippen LogP contribution in [-0.4, -0.2) is 5.11 Å². The van der Waals surface area contributed by atoms with Crippen molar-refractivity contribution in [3.63, 3.8) is 0 Å². The fourth-order valence-electron chi connectivity index (χ4n) is 2.26. The Bertz CT molecular complexity index is 870. The normalized spacial score (nSPS) is 12.7. The minimum absolute atomic E-state index is 0.310. The minimum Gasteiger partial charge on any atom is -0.515 e. The molecular weight excluding hydrogens is 316 g/mol. The van der Waals surface area contributed by atoms with Crippen molar-refractivity contribution in [2.75, 3.05) is 10.6 Å². The first-order chi connectivity index (χ1) is 12.0. The Morgan fingerprint density at radius 3 is 2.44 bits per heavy atom. The van der Waals surface area contributed by atoms with Crippen LogP contribution < -0.4 is 21.5 Å². The molecule has 0 aliphatic rings. The summed E-state index contributed by atoms with van der Waals surface area (Å²) < 4.78 is 0. The van der Waals surface area contributed by atoms with Gasteiger partial charge in [0.2, 0.25) is 0 Å². The van der Waals surface area contributed by atoms with Crippen LogP contribution in [0.1, 0.15) is 25.8 Å². The van der Waals surface area contributed by atoms with Crippen LogP contribution in [0.5, 0.6) is 0 Å². The highest BCUT2D eigenvalue weighted by molar-refractivity contribution is 5.75. The van der Waals surface area contributed by atoms with Gasteiger partial charge in [0.05, 0.1) is 6.26 Å². The van der Waals surface area contributed by atoms with Crippen molar-refractivity contribution < 1.29 is 5.11 Å². The molecular formula is C20H22N2O3. The first-order valence-electron chi connectivity index (χ1n) is 8.05. The molecule has 0 bridgehead atoms. The van der Waals surface area contributed by atoms with E-state index in [1.165, 1.54) is 0 Å². The lowest BCUT2D eigenvalue weighted by Gasteiger charge is -2.15. The minimum atomic E-state index is -0.502. The molecule has 2 aromatic rings. The lowest BCUT2D eigenvalue weighted by Crippen LogP contribution is -2.37. The van der Waals surface area contributed by atoms with Crippen LogP contribution in [0, 0.1) is 0 Å². The molecule has 5 heteroatoms. The van der Waals surface area contributed by atoms with E-state index in [2.05, 4.69) is 10.6 Å². The third-order valence-electron chi connectivity index (χ3n) is 3.69. The molecule has 2 rings (SSSR count). The van der Waals surface area contributed by atoms with Crippen molar-refractivity contribution in [3.8, 4) is 0 Å². The number of aliphatic hydroxyl groups is 1. The summed E-state index contributed by atoms with van der Waals surface area (Å²) in [6.45, 7) is 4.11. The van der Waals surface area contributed by atoms with Crippen molar-refractivity contribution in [2.24, 2.45) is 0 Å². The van der Waals surface area contributed by atoms with Crippen LogP contribution in [0.3, 0.4) is 0 Å². The largest absolute Gasteiger partial charge is 0.515 e. The molecule has 0 aliphatic heterocycles. The molecule has 130 valence electrons. The summed E-state index contributed by atoms with van der Waals surface area (Å²) in [5.74, 6) is 0. The quantitative estimate of drug-likeness (QED) is 0.389. The standard InChI is InChI=1S/C20H22N2O3/c1-14(13-23)8-6-7-9-15(2)22-18-17(19(24)20(18)25)21-12-16-10-4-3-5-11-16/h3-6,8-11,13,21-23H,7,12H2,1-2H3/b8-6?,14-13+,15-9+. The van der Waals surface area contributed by atoms with Crippen LogP contribution in [-0.2, 0) is 6.54 Å². The molecule has 0 heterocycles. The van der Waals surface area contributed by atoms with E-state index < -0.39 is 10.9 Å². The Morgan fingerprint density at radius 2 is 1.76 bits per heavy atom. The third-order valence-corrected chi connectivity index (χ3v) is 3.69. The summed E-state index contributed by atoms with van der Waals surface area (Å²) in [5.41, 5.74) is 2.22. The van der Waals surface area contributed by atoms with Crippen molar-refractivity contribution in [2.45, 2.75) is 26.8 Å². The second kappa shape index (κ2) is 8.68. The molecule has 0 fully saturated rings. The molecule has 2 aromatic carbocycles. The predicted octanol–water partition coefficient (Wildman–Crippen LogP) is 3.62. The molecule has 0 saturated carbocycles. The highest BCUT2D eigenvalue weighted by Gasteiger charge is 2.20. The van der Waals surface area contributed by atoms with Gasteiger partial charge in [0.15, 0.2) is 0 Å². The lowest BCUT2D eigenvalue weighted by molar-refractivity contribution is 0.469. The molecule has 0 aliphatic carbocycles. The Hall–Kier alpha value is -3.08. The number of nitrogens with one attached hydrogen (secondary N) is 2. The number of hydrogen-bond acceptors (Lipinski definition) is 5. The van der Waals surface area contributed by atoms with E-state index >= 15 is 0 Å². The first kappa shape index (κ1) is 18.3. The molecule has 3 N–H and O–H groups in total. The van der Waals surface area contributed by atoms with Gasteiger partial charge in [-0.15, -0.1) is 0 Å². The molecule has 0 unspecified atom stereocenters. The van der Waals surface area contributed by atoms with Crippen LogP contribution in [0.2, 0.25) is 0 Å². The van der Waals surface area contributed by atoms with Crippen LogP contribution in [0.15, 0.2) is 75.7 Å². The molecule has 0 radical (unpaired) electrons. The summed E-state index contributed by atoms with van der Waals surface area (Å²) in [4.78, 5) is 23.6. The molecule has 0 spiro atoms. The molecule has 0 saturated heterocycles. The zero-order valence-electron chi connectivity index (χ0n) is 14.4. The Labute approximate surface area is 146 Å². The molecule has 0 aromatic heterocycles. The van der Waals surface area contributed by atoms with Crippen LogP contribution in [0.25, 0.3) is 0 Å². The average molecular weight is 338 g/mol. The Balaban J connectivity index is 1.98. The third kappa shape index (κ3) is 4.94. The number of rotatable bonds is 8. The number of hydrogen-bond donors (Lipinski definition) is 3. The average Bonchev–Trinajstić information content (AvgIpc) is 2.64. The van der Waals surface area contributed by atoms with Gasteiger partial charge >= 0.3 is 0 Å². The van der Waals surface area contributed by atoms with Gasteiger partial charge in [-0.05, 0) is 31.4 Å². The number of benzene rings is 1. The van der Waals surface area contributed by atoms with E-state index in [0.29, 0.717) is 24.3 Å². The second-order valence-electron chi connectivity index (χ2n) is 5.77. The van der Waals surface area contributed by atoms with Crippen LogP contribution >= 0.6 is 0 Å². The van der Waals surface area contributed by atoms with Gasteiger partial charge in [-0.1, -0.05) is 48.6 Å². The molecule has 5 nitrogen and oxygen atoms in total. The maximum Gasteiger partial charge on any atom is 0.253 e. The highest BCUT2D eigenvalue weighted by atomic mass is 16.2. The molecule has 25 heavy (non-hydrogen) atoms. The summed E-state index contributed by atoms with van der Waals surface area (Å²) in [6.07, 6.45) is 7.28. The number of anilines is 2. The van der Waals surface area contributed by atoms with E-state index in [1.807, 2.05) is 49.4 Å². The van der Waals surface area contributed by atoms with Gasteiger partial charge < -0.3 is 15.7 Å². The van der Waals surface area contributed by atoms with Gasteiger partial charge in [-0.3, -0.25) is 9.59 Å². The van der Waals surface area contributed by atoms with Crippen molar-refractivity contribution >= 4 is 11.4 Å². The maximum absolute atomic E-state index is 11.8. The van der Waals surface area contributed by atoms with E-state index in [1.54, 1.807) is 13.0 Å². The number of allylic oxidation sites excluding steroid dienone is 5. The van der Waals surface area contributed by atoms with Crippen molar-refractivity contribution in [1.82, 2.24) is 0 Å². The fraction of sp³-hybridized carbons (Fsp3) is 0.200.